The van der Waals surface area contributed by atoms with Crippen LogP contribution in [0.15, 0.2) is 18.2 Å². The average molecular weight is 457 g/mol. The molecule has 31 heavy (non-hydrogen) atoms. The van der Waals surface area contributed by atoms with E-state index in [1.54, 1.807) is 9.80 Å². The van der Waals surface area contributed by atoms with Crippen molar-refractivity contribution >= 4 is 29.4 Å². The van der Waals surface area contributed by atoms with Crippen LogP contribution in [-0.2, 0) is 9.47 Å². The molecule has 2 saturated heterocycles. The monoisotopic (exact) mass is 456 g/mol. The van der Waals surface area contributed by atoms with Crippen molar-refractivity contribution < 1.29 is 23.5 Å². The largest absolute Gasteiger partial charge is 0.444 e. The summed E-state index contributed by atoms with van der Waals surface area (Å²) in [6.45, 7) is 10.2. The van der Waals surface area contributed by atoms with Gasteiger partial charge in [0.05, 0.1) is 24.3 Å². The number of morpholine rings is 1. The highest BCUT2D eigenvalue weighted by molar-refractivity contribution is 6.31. The van der Waals surface area contributed by atoms with Gasteiger partial charge in [0.25, 0.3) is 0 Å². The van der Waals surface area contributed by atoms with Gasteiger partial charge in [0, 0.05) is 45.0 Å². The molecule has 3 amide bonds. The van der Waals surface area contributed by atoms with Gasteiger partial charge in [-0.2, -0.15) is 0 Å². The third-order valence-electron chi connectivity index (χ3n) is 5.08. The van der Waals surface area contributed by atoms with E-state index in [0.29, 0.717) is 58.1 Å². The molecule has 1 unspecified atom stereocenters. The summed E-state index contributed by atoms with van der Waals surface area (Å²) >= 11 is 5.77. The van der Waals surface area contributed by atoms with Crippen LogP contribution in [0.3, 0.4) is 0 Å². The number of piperazine rings is 1. The maximum Gasteiger partial charge on any atom is 0.410 e. The van der Waals surface area contributed by atoms with Gasteiger partial charge in [0.2, 0.25) is 0 Å². The molecule has 3 rings (SSSR count). The van der Waals surface area contributed by atoms with E-state index in [-0.39, 0.29) is 23.3 Å². The van der Waals surface area contributed by atoms with Crippen molar-refractivity contribution in [2.24, 2.45) is 0 Å². The number of hydrogen-bond donors (Lipinski definition) is 1. The molecule has 2 aliphatic heterocycles. The van der Waals surface area contributed by atoms with Gasteiger partial charge in [-0.05, 0) is 39.0 Å². The number of halogens is 2. The Morgan fingerprint density at radius 3 is 2.55 bits per heavy atom. The molecule has 1 aromatic rings. The Kier molecular flexibility index (Phi) is 7.61. The Labute approximate surface area is 187 Å². The second-order valence-corrected chi connectivity index (χ2v) is 9.17. The lowest BCUT2D eigenvalue weighted by atomic mass is 10.2. The fourth-order valence-corrected chi connectivity index (χ4v) is 3.70. The van der Waals surface area contributed by atoms with Crippen molar-refractivity contribution in [1.82, 2.24) is 14.7 Å². The Bertz CT molecular complexity index is 796. The first-order chi connectivity index (χ1) is 14.6. The zero-order valence-electron chi connectivity index (χ0n) is 18.2. The van der Waals surface area contributed by atoms with Crippen molar-refractivity contribution in [2.75, 3.05) is 57.7 Å². The van der Waals surface area contributed by atoms with Crippen LogP contribution in [0.2, 0.25) is 5.02 Å². The van der Waals surface area contributed by atoms with E-state index in [4.69, 9.17) is 21.1 Å². The van der Waals surface area contributed by atoms with Crippen molar-refractivity contribution in [1.29, 1.82) is 0 Å². The smallest absolute Gasteiger partial charge is 0.410 e. The molecule has 2 heterocycles. The number of nitrogens with zero attached hydrogens (tertiary/aromatic N) is 3. The minimum absolute atomic E-state index is 0.0319. The number of urea groups is 1. The van der Waals surface area contributed by atoms with Gasteiger partial charge in [-0.1, -0.05) is 11.6 Å². The molecule has 10 heteroatoms. The van der Waals surface area contributed by atoms with Crippen LogP contribution in [0.4, 0.5) is 19.7 Å². The third kappa shape index (κ3) is 6.95. The summed E-state index contributed by atoms with van der Waals surface area (Å²) in [5.41, 5.74) is -0.0715. The Morgan fingerprint density at radius 1 is 1.19 bits per heavy atom. The fourth-order valence-electron chi connectivity index (χ4n) is 3.52. The molecular weight excluding hydrogens is 427 g/mol. The summed E-state index contributed by atoms with van der Waals surface area (Å²) in [6, 6.07) is 3.85. The molecule has 0 bridgehead atoms. The molecule has 0 spiro atoms. The summed E-state index contributed by atoms with van der Waals surface area (Å²) < 4.78 is 24.6. The van der Waals surface area contributed by atoms with Crippen molar-refractivity contribution in [3.05, 3.63) is 29.0 Å². The molecule has 0 radical (unpaired) electrons. The van der Waals surface area contributed by atoms with E-state index >= 15 is 0 Å². The third-order valence-corrected chi connectivity index (χ3v) is 5.37. The van der Waals surface area contributed by atoms with Crippen LogP contribution < -0.4 is 5.32 Å². The number of rotatable bonds is 3. The van der Waals surface area contributed by atoms with Gasteiger partial charge < -0.3 is 24.6 Å². The Hall–Kier alpha value is -2.10. The zero-order chi connectivity index (χ0) is 22.6. The van der Waals surface area contributed by atoms with Gasteiger partial charge >= 0.3 is 12.1 Å². The van der Waals surface area contributed by atoms with Gasteiger partial charge in [-0.15, -0.1) is 0 Å². The second-order valence-electron chi connectivity index (χ2n) is 8.77. The highest BCUT2D eigenvalue weighted by Crippen LogP contribution is 2.20. The predicted molar refractivity (Wildman–Crippen MR) is 116 cm³/mol. The minimum atomic E-state index is -0.527. The lowest BCUT2D eigenvalue weighted by Gasteiger charge is -2.39. The van der Waals surface area contributed by atoms with Gasteiger partial charge in [-0.25, -0.2) is 14.0 Å². The molecule has 172 valence electrons. The van der Waals surface area contributed by atoms with E-state index in [0.717, 1.165) is 0 Å². The van der Waals surface area contributed by atoms with E-state index in [1.807, 2.05) is 20.8 Å². The van der Waals surface area contributed by atoms with Crippen molar-refractivity contribution in [2.45, 2.75) is 32.5 Å². The molecule has 2 fully saturated rings. The first-order valence-corrected chi connectivity index (χ1v) is 10.8. The molecular formula is C21H30ClFN4O4. The van der Waals surface area contributed by atoms with Crippen molar-refractivity contribution in [3.8, 4) is 0 Å². The van der Waals surface area contributed by atoms with Gasteiger partial charge in [0.15, 0.2) is 0 Å². The van der Waals surface area contributed by atoms with E-state index in [9.17, 15) is 14.0 Å². The number of carbonyl (C=O) groups is 2. The molecule has 1 aromatic carbocycles. The number of nitrogens with one attached hydrogen (secondary N) is 1. The summed E-state index contributed by atoms with van der Waals surface area (Å²) in [5, 5.41) is 2.72. The quantitative estimate of drug-likeness (QED) is 0.755. The van der Waals surface area contributed by atoms with Crippen LogP contribution in [-0.4, -0.2) is 90.9 Å². The van der Waals surface area contributed by atoms with E-state index in [2.05, 4.69) is 10.2 Å². The fraction of sp³-hybridized carbons (Fsp3) is 0.619. The molecule has 0 aromatic heterocycles. The van der Waals surface area contributed by atoms with Crippen LogP contribution >= 0.6 is 11.6 Å². The topological polar surface area (TPSA) is 74.3 Å². The number of carbonyl (C=O) groups excluding carboxylic acids is 2. The summed E-state index contributed by atoms with van der Waals surface area (Å²) in [6.07, 6.45) is -0.411. The summed E-state index contributed by atoms with van der Waals surface area (Å²) in [5.74, 6) is -0.525. The van der Waals surface area contributed by atoms with E-state index in [1.165, 1.54) is 18.2 Å². The lowest BCUT2D eigenvalue weighted by Crippen LogP contribution is -2.55. The maximum atomic E-state index is 13.3. The van der Waals surface area contributed by atoms with Crippen LogP contribution in [0.1, 0.15) is 20.8 Å². The zero-order valence-corrected chi connectivity index (χ0v) is 19.0. The minimum Gasteiger partial charge on any atom is -0.444 e. The van der Waals surface area contributed by atoms with Gasteiger partial charge in [-0.3, -0.25) is 4.90 Å². The predicted octanol–water partition coefficient (Wildman–Crippen LogP) is 3.26. The van der Waals surface area contributed by atoms with Crippen LogP contribution in [0.5, 0.6) is 0 Å². The number of benzene rings is 1. The molecule has 1 N–H and O–H groups in total. The number of amides is 3. The number of ether oxygens (including phenoxy) is 2. The SMILES string of the molecule is CC(C)(C)OC(=O)N1CCOC(CN2CCN(C(=O)Nc3ccc(F)c(Cl)c3)CC2)C1. The van der Waals surface area contributed by atoms with Crippen molar-refractivity contribution in [3.63, 3.8) is 0 Å². The standard InChI is InChI=1S/C21H30ClFN4O4/c1-21(2,3)31-20(29)27-10-11-30-16(14-27)13-25-6-8-26(9-7-25)19(28)24-15-4-5-18(23)17(22)12-15/h4-5,12,16H,6-11,13-14H2,1-3H3,(H,24,28). The molecule has 0 aliphatic carbocycles. The first-order valence-electron chi connectivity index (χ1n) is 10.4. The highest BCUT2D eigenvalue weighted by atomic mass is 35.5. The van der Waals surface area contributed by atoms with Crippen LogP contribution in [0, 0.1) is 5.82 Å². The van der Waals surface area contributed by atoms with Crippen LogP contribution in [0.25, 0.3) is 0 Å². The number of anilines is 1. The summed E-state index contributed by atoms with van der Waals surface area (Å²) in [7, 11) is 0. The maximum absolute atomic E-state index is 13.3. The Balaban J connectivity index is 1.43. The Morgan fingerprint density at radius 2 is 1.90 bits per heavy atom. The molecule has 2 aliphatic rings. The normalized spacial score (nSPS) is 20.5. The molecule has 1 atom stereocenters. The summed E-state index contributed by atoms with van der Waals surface area (Å²) in [4.78, 5) is 30.4. The van der Waals surface area contributed by atoms with E-state index < -0.39 is 11.4 Å². The lowest BCUT2D eigenvalue weighted by molar-refractivity contribution is -0.0547. The highest BCUT2D eigenvalue weighted by Gasteiger charge is 2.30. The second kappa shape index (κ2) is 10.0. The molecule has 0 saturated carbocycles. The number of hydrogen-bond acceptors (Lipinski definition) is 5. The van der Waals surface area contributed by atoms with Gasteiger partial charge in [0.1, 0.15) is 11.4 Å². The average Bonchev–Trinajstić information content (AvgIpc) is 2.70. The first kappa shape index (κ1) is 23.6. The molecule has 8 nitrogen and oxygen atoms in total.